The third-order valence-corrected chi connectivity index (χ3v) is 4.70. The van der Waals surface area contributed by atoms with Gasteiger partial charge >= 0.3 is 5.97 Å². The molecule has 126 valence electrons. The van der Waals surface area contributed by atoms with Crippen molar-refractivity contribution in [3.63, 3.8) is 0 Å². The number of carboxylic acids is 1. The third kappa shape index (κ3) is 2.60. The molecule has 2 aliphatic rings. The Bertz CT molecular complexity index is 744. The number of carboxylic acid groups (broad SMARTS) is 1. The van der Waals surface area contributed by atoms with Crippen molar-refractivity contribution in [2.24, 2.45) is 23.7 Å². The number of nitrogens with zero attached hydrogens (tertiary/aromatic N) is 1. The predicted molar refractivity (Wildman–Crippen MR) is 83.6 cm³/mol. The van der Waals surface area contributed by atoms with Gasteiger partial charge in [-0.2, -0.15) is 0 Å². The highest BCUT2D eigenvalue weighted by atomic mass is 16.6. The molecule has 2 bridgehead atoms. The molecule has 2 aliphatic carbocycles. The highest BCUT2D eigenvalue weighted by molar-refractivity contribution is 5.97. The minimum Gasteiger partial charge on any atom is -0.495 e. The van der Waals surface area contributed by atoms with E-state index >= 15 is 0 Å². The van der Waals surface area contributed by atoms with Crippen LogP contribution in [0.15, 0.2) is 30.4 Å². The number of anilines is 1. The lowest BCUT2D eigenvalue weighted by molar-refractivity contribution is -0.384. The molecule has 24 heavy (non-hydrogen) atoms. The highest BCUT2D eigenvalue weighted by Gasteiger charge is 2.51. The zero-order valence-corrected chi connectivity index (χ0v) is 12.8. The number of non-ortho nitro benzene ring substituents is 1. The summed E-state index contributed by atoms with van der Waals surface area (Å²) in [5.41, 5.74) is -0.0266. The number of amides is 1. The molecule has 3 rings (SSSR count). The van der Waals surface area contributed by atoms with Crippen LogP contribution in [0.5, 0.6) is 5.75 Å². The summed E-state index contributed by atoms with van der Waals surface area (Å²) in [4.78, 5) is 34.5. The summed E-state index contributed by atoms with van der Waals surface area (Å²) in [6.07, 6.45) is 4.36. The standard InChI is InChI=1S/C16H16N2O6/c1-24-12-5-4-10(18(22)23)7-11(12)17-15(19)13-8-2-3-9(6-8)14(13)16(20)21/h2-5,7-9,13-14H,6H2,1H3,(H,17,19)(H,20,21)/t8-,9-,13+,14+/m0/s1. The second kappa shape index (κ2) is 5.95. The topological polar surface area (TPSA) is 119 Å². The fourth-order valence-corrected chi connectivity index (χ4v) is 3.64. The number of benzene rings is 1. The van der Waals surface area contributed by atoms with Crippen LogP contribution in [-0.4, -0.2) is 29.0 Å². The van der Waals surface area contributed by atoms with E-state index in [2.05, 4.69) is 5.32 Å². The van der Waals surface area contributed by atoms with E-state index in [1.54, 1.807) is 0 Å². The second-order valence-electron chi connectivity index (χ2n) is 5.97. The van der Waals surface area contributed by atoms with Crippen LogP contribution in [-0.2, 0) is 9.59 Å². The van der Waals surface area contributed by atoms with Gasteiger partial charge in [0.1, 0.15) is 5.75 Å². The Hall–Kier alpha value is -2.90. The van der Waals surface area contributed by atoms with Crippen LogP contribution in [0.1, 0.15) is 6.42 Å². The Labute approximate surface area is 137 Å². The maximum Gasteiger partial charge on any atom is 0.307 e. The summed E-state index contributed by atoms with van der Waals surface area (Å²) in [6.45, 7) is 0. The summed E-state index contributed by atoms with van der Waals surface area (Å²) in [5, 5.41) is 22.9. The van der Waals surface area contributed by atoms with Gasteiger partial charge in [-0.25, -0.2) is 0 Å². The molecular weight excluding hydrogens is 316 g/mol. The van der Waals surface area contributed by atoms with Gasteiger partial charge in [0.25, 0.3) is 5.69 Å². The fraction of sp³-hybridized carbons (Fsp3) is 0.375. The van der Waals surface area contributed by atoms with Crippen LogP contribution >= 0.6 is 0 Å². The SMILES string of the molecule is COc1ccc([N+](=O)[O-])cc1NC(=O)[C@H]1[C@H](C(=O)O)[C@H]2C=C[C@H]1C2. The molecule has 0 unspecified atom stereocenters. The van der Waals surface area contributed by atoms with Crippen LogP contribution in [0.2, 0.25) is 0 Å². The number of carbonyl (C=O) groups is 2. The number of hydrogen-bond donors (Lipinski definition) is 2. The monoisotopic (exact) mass is 332 g/mol. The number of allylic oxidation sites excluding steroid dienone is 2. The Kier molecular flexibility index (Phi) is 3.96. The van der Waals surface area contributed by atoms with Gasteiger partial charge in [0.05, 0.1) is 29.6 Å². The lowest BCUT2D eigenvalue weighted by Gasteiger charge is -2.24. The minimum absolute atomic E-state index is 0.124. The molecule has 1 saturated carbocycles. The first-order chi connectivity index (χ1) is 11.4. The molecule has 8 nitrogen and oxygen atoms in total. The van der Waals surface area contributed by atoms with Gasteiger partial charge in [-0.3, -0.25) is 19.7 Å². The van der Waals surface area contributed by atoms with Gasteiger partial charge in [-0.1, -0.05) is 12.2 Å². The molecule has 0 radical (unpaired) electrons. The van der Waals surface area contributed by atoms with Crippen molar-refractivity contribution in [3.8, 4) is 5.75 Å². The molecule has 0 aliphatic heterocycles. The van der Waals surface area contributed by atoms with E-state index in [4.69, 9.17) is 4.74 Å². The summed E-state index contributed by atoms with van der Waals surface area (Å²) < 4.78 is 5.11. The van der Waals surface area contributed by atoms with Crippen LogP contribution < -0.4 is 10.1 Å². The number of ether oxygens (including phenoxy) is 1. The first-order valence-electron chi connectivity index (χ1n) is 7.46. The van der Waals surface area contributed by atoms with E-state index in [9.17, 15) is 24.8 Å². The maximum absolute atomic E-state index is 12.6. The molecule has 1 fully saturated rings. The van der Waals surface area contributed by atoms with Crippen LogP contribution in [0.25, 0.3) is 0 Å². The smallest absolute Gasteiger partial charge is 0.307 e. The molecule has 0 saturated heterocycles. The van der Waals surface area contributed by atoms with E-state index in [1.807, 2.05) is 12.2 Å². The van der Waals surface area contributed by atoms with E-state index in [0.29, 0.717) is 6.42 Å². The first kappa shape index (κ1) is 16.0. The van der Waals surface area contributed by atoms with Crippen molar-refractivity contribution < 1.29 is 24.4 Å². The Morgan fingerprint density at radius 3 is 2.54 bits per heavy atom. The maximum atomic E-state index is 12.6. The summed E-state index contributed by atoms with van der Waals surface area (Å²) >= 11 is 0. The number of aliphatic carboxylic acids is 1. The number of nitrogens with one attached hydrogen (secondary N) is 1. The van der Waals surface area contributed by atoms with Gasteiger partial charge in [0.2, 0.25) is 5.91 Å². The number of fused-ring (bicyclic) bond motifs is 2. The van der Waals surface area contributed by atoms with Gasteiger partial charge < -0.3 is 15.2 Å². The summed E-state index contributed by atoms with van der Waals surface area (Å²) in [5.74, 6) is -2.92. The second-order valence-corrected chi connectivity index (χ2v) is 5.97. The summed E-state index contributed by atoms with van der Waals surface area (Å²) in [6, 6.07) is 3.87. The van der Waals surface area contributed by atoms with Crippen molar-refractivity contribution in [3.05, 3.63) is 40.5 Å². The lowest BCUT2D eigenvalue weighted by atomic mass is 9.82. The molecule has 2 N–H and O–H groups in total. The molecular formula is C16H16N2O6. The van der Waals surface area contributed by atoms with E-state index < -0.39 is 28.6 Å². The van der Waals surface area contributed by atoms with E-state index in [0.717, 1.165) is 0 Å². The van der Waals surface area contributed by atoms with Gasteiger partial charge in [-0.05, 0) is 24.3 Å². The molecule has 0 heterocycles. The number of nitro groups is 1. The number of methoxy groups -OCH3 is 1. The number of carbonyl (C=O) groups excluding carboxylic acids is 1. The van der Waals surface area contributed by atoms with E-state index in [-0.39, 0.29) is 29.0 Å². The molecule has 1 aromatic rings. The van der Waals surface area contributed by atoms with Gasteiger partial charge in [0, 0.05) is 12.1 Å². The molecule has 8 heteroatoms. The Morgan fingerprint density at radius 2 is 1.96 bits per heavy atom. The Morgan fingerprint density at radius 1 is 1.29 bits per heavy atom. The molecule has 1 amide bonds. The predicted octanol–water partition coefficient (Wildman–Crippen LogP) is 2.06. The average Bonchev–Trinajstić information content (AvgIpc) is 3.15. The molecule has 4 atom stereocenters. The number of nitro benzene ring substituents is 1. The lowest BCUT2D eigenvalue weighted by Crippen LogP contribution is -2.36. The van der Waals surface area contributed by atoms with Gasteiger partial charge in [-0.15, -0.1) is 0 Å². The van der Waals surface area contributed by atoms with Crippen LogP contribution in [0.4, 0.5) is 11.4 Å². The largest absolute Gasteiger partial charge is 0.495 e. The molecule has 0 spiro atoms. The van der Waals surface area contributed by atoms with E-state index in [1.165, 1.54) is 25.3 Å². The first-order valence-corrected chi connectivity index (χ1v) is 7.46. The zero-order valence-electron chi connectivity index (χ0n) is 12.8. The van der Waals surface area contributed by atoms with Crippen molar-refractivity contribution in [2.45, 2.75) is 6.42 Å². The highest BCUT2D eigenvalue weighted by Crippen LogP contribution is 2.48. The zero-order chi connectivity index (χ0) is 17.4. The van der Waals surface area contributed by atoms with Gasteiger partial charge in [0.15, 0.2) is 0 Å². The fourth-order valence-electron chi connectivity index (χ4n) is 3.64. The van der Waals surface area contributed by atoms with Crippen molar-refractivity contribution in [1.29, 1.82) is 0 Å². The molecule has 0 aromatic heterocycles. The van der Waals surface area contributed by atoms with Crippen molar-refractivity contribution in [1.82, 2.24) is 0 Å². The van der Waals surface area contributed by atoms with Crippen molar-refractivity contribution >= 4 is 23.3 Å². The normalized spacial score (nSPS) is 27.0. The minimum atomic E-state index is -1.00. The molecule has 1 aromatic carbocycles. The van der Waals surface area contributed by atoms with Crippen LogP contribution in [0, 0.1) is 33.8 Å². The van der Waals surface area contributed by atoms with Crippen molar-refractivity contribution in [2.75, 3.05) is 12.4 Å². The number of rotatable bonds is 5. The summed E-state index contributed by atoms with van der Waals surface area (Å²) in [7, 11) is 1.39. The average molecular weight is 332 g/mol. The van der Waals surface area contributed by atoms with Crippen LogP contribution in [0.3, 0.4) is 0 Å². The quantitative estimate of drug-likeness (QED) is 0.484. The third-order valence-electron chi connectivity index (χ3n) is 4.70. The number of hydrogen-bond acceptors (Lipinski definition) is 5. The Balaban J connectivity index is 1.87.